The second-order valence-electron chi connectivity index (χ2n) is 3.01. The number of ether oxygens (including phenoxy) is 1. The van der Waals surface area contributed by atoms with Gasteiger partial charge in [0.15, 0.2) is 0 Å². The summed E-state index contributed by atoms with van der Waals surface area (Å²) in [7, 11) is 0. The third-order valence-electron chi connectivity index (χ3n) is 2.10. The number of carbonyl (C=O) groups excluding carboxylic acids is 1. The van der Waals surface area contributed by atoms with Gasteiger partial charge in [-0.25, -0.2) is 4.79 Å². The van der Waals surface area contributed by atoms with E-state index in [4.69, 9.17) is 22.4 Å². The van der Waals surface area contributed by atoms with Crippen LogP contribution in [0.2, 0.25) is 0 Å². The Morgan fingerprint density at radius 1 is 1.73 bits per heavy atom. The highest BCUT2D eigenvalue weighted by Gasteiger charge is 2.51. The van der Waals surface area contributed by atoms with E-state index in [1.165, 1.54) is 16.7 Å². The van der Waals surface area contributed by atoms with E-state index in [1.54, 1.807) is 0 Å². The van der Waals surface area contributed by atoms with Gasteiger partial charge < -0.3 is 15.6 Å². The molecule has 0 aromatic carbocycles. The third-order valence-corrected chi connectivity index (χ3v) is 3.85. The van der Waals surface area contributed by atoms with Gasteiger partial charge in [-0.3, -0.25) is 9.69 Å². The smallest absolute Gasteiger partial charge is 0.449 e. The van der Waals surface area contributed by atoms with Gasteiger partial charge in [0, 0.05) is 5.75 Å². The zero-order valence-corrected chi connectivity index (χ0v) is 8.92. The predicted octanol–water partition coefficient (Wildman–Crippen LogP) is 0.331. The first-order valence-electron chi connectivity index (χ1n) is 4.02. The van der Waals surface area contributed by atoms with Gasteiger partial charge in [0.1, 0.15) is 11.4 Å². The lowest BCUT2D eigenvalue weighted by atomic mass is 10.1. The van der Waals surface area contributed by atoms with E-state index in [0.29, 0.717) is 5.75 Å². The van der Waals surface area contributed by atoms with Gasteiger partial charge in [-0.1, -0.05) is 11.6 Å². The van der Waals surface area contributed by atoms with Gasteiger partial charge >= 0.3 is 6.16 Å². The highest BCUT2D eigenvalue weighted by Crippen LogP contribution is 2.40. The Balaban J connectivity index is 2.25. The molecule has 6 nitrogen and oxygen atoms in total. The number of halogens is 1. The van der Waals surface area contributed by atoms with Crippen LogP contribution in [0, 0.1) is 0 Å². The number of carbonyl (C=O) groups is 2. The quantitative estimate of drug-likeness (QED) is 0.515. The standard InChI is InChI=1S/C7H7ClN2O4S/c8-2-1-15-6-3(9)4(11)10(6)5(2)14-7(12)13/h3,6H,1,9H2,(H,12,13)/t3?,6-/m0/s1. The number of nitrogens with zero attached hydrogens (tertiary/aromatic N) is 1. The van der Waals surface area contributed by atoms with Crippen LogP contribution in [0.1, 0.15) is 0 Å². The fourth-order valence-electron chi connectivity index (χ4n) is 1.42. The second kappa shape index (κ2) is 3.58. The fourth-order valence-corrected chi connectivity index (χ4v) is 2.85. The summed E-state index contributed by atoms with van der Waals surface area (Å²) in [5, 5.41) is 8.41. The molecule has 1 fully saturated rings. The molecule has 82 valence electrons. The van der Waals surface area contributed by atoms with Crippen molar-refractivity contribution < 1.29 is 19.4 Å². The molecule has 3 N–H and O–H groups in total. The first-order valence-corrected chi connectivity index (χ1v) is 5.44. The van der Waals surface area contributed by atoms with Gasteiger partial charge in [0.2, 0.25) is 11.8 Å². The van der Waals surface area contributed by atoms with Crippen molar-refractivity contribution in [2.75, 3.05) is 5.75 Å². The van der Waals surface area contributed by atoms with Crippen LogP contribution < -0.4 is 5.73 Å². The summed E-state index contributed by atoms with van der Waals surface area (Å²) in [4.78, 5) is 22.9. The number of nitrogens with two attached hydrogens (primary N) is 1. The Kier molecular flexibility index (Phi) is 2.53. The first kappa shape index (κ1) is 10.6. The molecule has 1 saturated heterocycles. The molecule has 0 radical (unpaired) electrons. The van der Waals surface area contributed by atoms with E-state index in [-0.39, 0.29) is 22.2 Å². The van der Waals surface area contributed by atoms with Gasteiger partial charge in [0.05, 0.1) is 5.03 Å². The van der Waals surface area contributed by atoms with Crippen LogP contribution in [0.3, 0.4) is 0 Å². The average molecular weight is 251 g/mol. The molecule has 0 aromatic heterocycles. The normalized spacial score (nSPS) is 29.7. The van der Waals surface area contributed by atoms with Crippen LogP contribution in [-0.2, 0) is 9.53 Å². The van der Waals surface area contributed by atoms with Crippen molar-refractivity contribution in [1.29, 1.82) is 0 Å². The van der Waals surface area contributed by atoms with E-state index in [0.717, 1.165) is 0 Å². The molecule has 2 aliphatic rings. The molecule has 15 heavy (non-hydrogen) atoms. The van der Waals surface area contributed by atoms with Crippen molar-refractivity contribution in [1.82, 2.24) is 4.90 Å². The van der Waals surface area contributed by atoms with Crippen LogP contribution >= 0.6 is 23.4 Å². The lowest BCUT2D eigenvalue weighted by Gasteiger charge is -2.46. The summed E-state index contributed by atoms with van der Waals surface area (Å²) in [6.45, 7) is 0. The molecular formula is C7H7ClN2O4S. The van der Waals surface area contributed by atoms with Crippen molar-refractivity contribution in [3.05, 3.63) is 10.9 Å². The van der Waals surface area contributed by atoms with Crippen molar-refractivity contribution in [3.63, 3.8) is 0 Å². The van der Waals surface area contributed by atoms with E-state index < -0.39 is 12.2 Å². The van der Waals surface area contributed by atoms with E-state index in [2.05, 4.69) is 4.74 Å². The Morgan fingerprint density at radius 3 is 3.00 bits per heavy atom. The summed E-state index contributed by atoms with van der Waals surface area (Å²) in [5.41, 5.74) is 5.53. The highest BCUT2D eigenvalue weighted by molar-refractivity contribution is 8.00. The summed E-state index contributed by atoms with van der Waals surface area (Å²) >= 11 is 7.15. The molecular weight excluding hydrogens is 244 g/mol. The van der Waals surface area contributed by atoms with E-state index in [9.17, 15) is 9.59 Å². The molecule has 1 amide bonds. The van der Waals surface area contributed by atoms with Gasteiger partial charge in [-0.2, -0.15) is 0 Å². The molecule has 0 spiro atoms. The number of hydrogen-bond acceptors (Lipinski definition) is 5. The molecule has 2 aliphatic heterocycles. The van der Waals surface area contributed by atoms with Crippen molar-refractivity contribution in [3.8, 4) is 0 Å². The number of amides is 1. The SMILES string of the molecule is NC1C(=O)N2C(OC(=O)O)=C(Cl)CS[C@@H]12. The minimum Gasteiger partial charge on any atom is -0.449 e. The number of carboxylic acid groups (broad SMARTS) is 1. The lowest BCUT2D eigenvalue weighted by molar-refractivity contribution is -0.144. The van der Waals surface area contributed by atoms with E-state index >= 15 is 0 Å². The van der Waals surface area contributed by atoms with Gasteiger partial charge in [-0.05, 0) is 0 Å². The summed E-state index contributed by atoms with van der Waals surface area (Å²) < 4.78 is 4.46. The maximum absolute atomic E-state index is 11.4. The lowest BCUT2D eigenvalue weighted by Crippen LogP contribution is -2.67. The molecule has 2 rings (SSSR count). The number of rotatable bonds is 1. The molecule has 0 bridgehead atoms. The highest BCUT2D eigenvalue weighted by atomic mass is 35.5. The van der Waals surface area contributed by atoms with Gasteiger partial charge in [0.25, 0.3) is 0 Å². The van der Waals surface area contributed by atoms with Crippen LogP contribution in [0.5, 0.6) is 0 Å². The fraction of sp³-hybridized carbons (Fsp3) is 0.429. The van der Waals surface area contributed by atoms with Crippen LogP contribution in [-0.4, -0.2) is 39.2 Å². The molecule has 1 unspecified atom stereocenters. The Labute approximate surface area is 94.0 Å². The largest absolute Gasteiger partial charge is 0.512 e. The van der Waals surface area contributed by atoms with Crippen LogP contribution in [0.25, 0.3) is 0 Å². The number of thioether (sulfide) groups is 1. The summed E-state index contributed by atoms with van der Waals surface area (Å²) in [5.74, 6) is -0.0898. The van der Waals surface area contributed by atoms with Crippen molar-refractivity contribution in [2.24, 2.45) is 5.73 Å². The molecule has 0 aliphatic carbocycles. The molecule has 0 saturated carbocycles. The maximum Gasteiger partial charge on any atom is 0.512 e. The zero-order chi connectivity index (χ0) is 11.2. The van der Waals surface area contributed by atoms with Gasteiger partial charge in [-0.15, -0.1) is 11.8 Å². The number of hydrogen-bond donors (Lipinski definition) is 2. The zero-order valence-electron chi connectivity index (χ0n) is 7.34. The summed E-state index contributed by atoms with van der Waals surface area (Å²) in [6.07, 6.45) is -1.50. The Morgan fingerprint density at radius 2 is 2.40 bits per heavy atom. The molecule has 2 atom stereocenters. The number of fused-ring (bicyclic) bond motifs is 1. The molecule has 0 aromatic rings. The Hall–Kier alpha value is -0.920. The monoisotopic (exact) mass is 250 g/mol. The molecule has 8 heteroatoms. The summed E-state index contributed by atoms with van der Waals surface area (Å²) in [6, 6.07) is -0.604. The Bertz CT molecular complexity index is 372. The van der Waals surface area contributed by atoms with E-state index in [1.807, 2.05) is 0 Å². The topological polar surface area (TPSA) is 92.9 Å². The molecule has 2 heterocycles. The average Bonchev–Trinajstić information content (AvgIpc) is 2.19. The maximum atomic E-state index is 11.4. The minimum atomic E-state index is -1.50. The third kappa shape index (κ3) is 1.56. The first-order chi connectivity index (χ1) is 7.02. The second-order valence-corrected chi connectivity index (χ2v) is 4.57. The predicted molar refractivity (Wildman–Crippen MR) is 53.1 cm³/mol. The minimum absolute atomic E-state index is 0.111. The van der Waals surface area contributed by atoms with Crippen LogP contribution in [0.4, 0.5) is 4.79 Å². The van der Waals surface area contributed by atoms with Crippen molar-refractivity contribution in [2.45, 2.75) is 11.4 Å². The van der Waals surface area contributed by atoms with Crippen LogP contribution in [0.15, 0.2) is 10.9 Å². The number of β-lactam (4-membered cyclic amide) rings is 1. The van der Waals surface area contributed by atoms with Crippen molar-refractivity contribution >= 4 is 35.4 Å².